The van der Waals surface area contributed by atoms with E-state index in [1.165, 1.54) is 25.3 Å². The van der Waals surface area contributed by atoms with Crippen molar-refractivity contribution < 1.29 is 19.5 Å². The first-order valence-electron chi connectivity index (χ1n) is 5.84. The van der Waals surface area contributed by atoms with Gasteiger partial charge in [-0.15, -0.1) is 0 Å². The monoisotopic (exact) mass is 275 g/mol. The van der Waals surface area contributed by atoms with Crippen LogP contribution in [-0.4, -0.2) is 17.1 Å². The van der Waals surface area contributed by atoms with E-state index >= 15 is 0 Å². The number of ether oxygens (including phenoxy) is 2. The van der Waals surface area contributed by atoms with Crippen molar-refractivity contribution in [3.63, 3.8) is 0 Å². The fourth-order valence-corrected chi connectivity index (χ4v) is 1.65. The zero-order valence-electron chi connectivity index (χ0n) is 10.8. The number of nitro groups is 1. The highest BCUT2D eigenvalue weighted by atomic mass is 16.6. The molecule has 2 rings (SSSR count). The first-order valence-corrected chi connectivity index (χ1v) is 5.84. The molecule has 0 fully saturated rings. The predicted molar refractivity (Wildman–Crippen MR) is 72.1 cm³/mol. The number of rotatable bonds is 5. The molecule has 0 spiro atoms. The van der Waals surface area contributed by atoms with Gasteiger partial charge in [0.2, 0.25) is 0 Å². The average molecular weight is 275 g/mol. The second-order valence-electron chi connectivity index (χ2n) is 4.00. The maximum atomic E-state index is 10.8. The van der Waals surface area contributed by atoms with Gasteiger partial charge in [-0.2, -0.15) is 0 Å². The summed E-state index contributed by atoms with van der Waals surface area (Å²) in [6.45, 7) is -0.0551. The van der Waals surface area contributed by atoms with E-state index in [1.807, 2.05) is 0 Å². The Bertz CT molecular complexity index is 609. The van der Waals surface area contributed by atoms with E-state index in [9.17, 15) is 10.1 Å². The van der Waals surface area contributed by atoms with Gasteiger partial charge in [0.15, 0.2) is 11.5 Å². The Kier molecular flexibility index (Phi) is 4.17. The molecule has 104 valence electrons. The van der Waals surface area contributed by atoms with Crippen LogP contribution in [0.5, 0.6) is 17.2 Å². The number of hydrogen-bond acceptors (Lipinski definition) is 5. The van der Waals surface area contributed by atoms with Crippen molar-refractivity contribution in [1.29, 1.82) is 0 Å². The van der Waals surface area contributed by atoms with E-state index in [2.05, 4.69) is 0 Å². The lowest BCUT2D eigenvalue weighted by Gasteiger charge is -2.10. The molecule has 20 heavy (non-hydrogen) atoms. The highest BCUT2D eigenvalue weighted by molar-refractivity contribution is 5.50. The molecule has 0 atom stereocenters. The summed E-state index contributed by atoms with van der Waals surface area (Å²) in [6, 6.07) is 10.9. The molecule has 0 unspecified atom stereocenters. The molecular weight excluding hydrogens is 262 g/mol. The predicted octanol–water partition coefficient (Wildman–Crippen LogP) is 2.89. The van der Waals surface area contributed by atoms with Crippen LogP contribution in [0.2, 0.25) is 0 Å². The summed E-state index contributed by atoms with van der Waals surface area (Å²) in [4.78, 5) is 10.3. The van der Waals surface area contributed by atoms with Crippen molar-refractivity contribution in [1.82, 2.24) is 0 Å². The number of non-ortho nitro benzene ring substituents is 1. The Morgan fingerprint density at radius 2 is 1.85 bits per heavy atom. The summed E-state index contributed by atoms with van der Waals surface area (Å²) < 4.78 is 10.7. The van der Waals surface area contributed by atoms with Gasteiger partial charge in [-0.25, -0.2) is 0 Å². The molecule has 1 N–H and O–H groups in total. The van der Waals surface area contributed by atoms with E-state index in [-0.39, 0.29) is 18.0 Å². The maximum Gasteiger partial charge on any atom is 0.273 e. The second-order valence-corrected chi connectivity index (χ2v) is 4.00. The van der Waals surface area contributed by atoms with Crippen molar-refractivity contribution in [2.45, 2.75) is 6.61 Å². The molecule has 0 amide bonds. The Balaban J connectivity index is 2.30. The zero-order chi connectivity index (χ0) is 14.5. The smallest absolute Gasteiger partial charge is 0.273 e. The van der Waals surface area contributed by atoms with Crippen LogP contribution in [0.3, 0.4) is 0 Å². The summed E-state index contributed by atoms with van der Waals surface area (Å²) in [7, 11) is 1.46. The molecule has 6 heteroatoms. The van der Waals surface area contributed by atoms with Gasteiger partial charge in [0, 0.05) is 6.07 Å². The number of benzene rings is 2. The Morgan fingerprint density at radius 3 is 2.40 bits per heavy atom. The van der Waals surface area contributed by atoms with Gasteiger partial charge in [-0.1, -0.05) is 12.1 Å². The van der Waals surface area contributed by atoms with Crippen molar-refractivity contribution in [2.24, 2.45) is 0 Å². The number of aliphatic hydroxyl groups is 1. The highest BCUT2D eigenvalue weighted by Crippen LogP contribution is 2.34. The Hall–Kier alpha value is -2.60. The number of nitrogens with zero attached hydrogens (tertiary/aromatic N) is 1. The first-order chi connectivity index (χ1) is 9.63. The van der Waals surface area contributed by atoms with Gasteiger partial charge < -0.3 is 14.6 Å². The van der Waals surface area contributed by atoms with E-state index in [4.69, 9.17) is 14.6 Å². The van der Waals surface area contributed by atoms with E-state index in [1.54, 1.807) is 24.3 Å². The molecule has 0 aliphatic heterocycles. The van der Waals surface area contributed by atoms with E-state index < -0.39 is 4.92 Å². The Labute approximate surface area is 115 Å². The van der Waals surface area contributed by atoms with Crippen molar-refractivity contribution in [3.8, 4) is 17.2 Å². The molecular formula is C14H13NO5. The second kappa shape index (κ2) is 6.03. The summed E-state index contributed by atoms with van der Waals surface area (Å²) in [5.74, 6) is 1.17. The molecule has 0 radical (unpaired) electrons. The molecule has 0 aliphatic rings. The van der Waals surface area contributed by atoms with Gasteiger partial charge in [-0.3, -0.25) is 10.1 Å². The lowest BCUT2D eigenvalue weighted by atomic mass is 10.2. The van der Waals surface area contributed by atoms with Gasteiger partial charge in [0.05, 0.1) is 24.7 Å². The summed E-state index contributed by atoms with van der Waals surface area (Å²) >= 11 is 0. The third-order valence-corrected chi connectivity index (χ3v) is 2.69. The number of nitro benzene ring substituents is 1. The van der Waals surface area contributed by atoms with Crippen LogP contribution in [0.1, 0.15) is 5.56 Å². The third-order valence-electron chi connectivity index (χ3n) is 2.69. The van der Waals surface area contributed by atoms with E-state index in [0.717, 1.165) is 5.56 Å². The van der Waals surface area contributed by atoms with Gasteiger partial charge >= 0.3 is 0 Å². The fraction of sp³-hybridized carbons (Fsp3) is 0.143. The van der Waals surface area contributed by atoms with Crippen molar-refractivity contribution in [2.75, 3.05) is 7.11 Å². The van der Waals surface area contributed by atoms with E-state index in [0.29, 0.717) is 11.5 Å². The minimum atomic E-state index is -0.499. The van der Waals surface area contributed by atoms with Crippen LogP contribution < -0.4 is 9.47 Å². The van der Waals surface area contributed by atoms with Gasteiger partial charge in [-0.05, 0) is 23.8 Å². The fourth-order valence-electron chi connectivity index (χ4n) is 1.65. The van der Waals surface area contributed by atoms with Crippen LogP contribution in [0.25, 0.3) is 0 Å². The lowest BCUT2D eigenvalue weighted by Crippen LogP contribution is -1.94. The molecule has 0 heterocycles. The summed E-state index contributed by atoms with van der Waals surface area (Å²) in [6.07, 6.45) is 0. The topological polar surface area (TPSA) is 81.8 Å². The minimum absolute atomic E-state index is 0.0551. The van der Waals surface area contributed by atoms with Crippen LogP contribution in [0.4, 0.5) is 5.69 Å². The highest BCUT2D eigenvalue weighted by Gasteiger charge is 2.13. The molecule has 0 saturated heterocycles. The maximum absolute atomic E-state index is 10.8. The van der Waals surface area contributed by atoms with Crippen molar-refractivity contribution >= 4 is 5.69 Å². The number of aliphatic hydroxyl groups excluding tert-OH is 1. The largest absolute Gasteiger partial charge is 0.493 e. The quantitative estimate of drug-likeness (QED) is 0.670. The molecule has 6 nitrogen and oxygen atoms in total. The molecule has 0 bridgehead atoms. The summed E-state index contributed by atoms with van der Waals surface area (Å²) in [5.41, 5.74) is 0.677. The van der Waals surface area contributed by atoms with Crippen LogP contribution in [-0.2, 0) is 6.61 Å². The third kappa shape index (κ3) is 3.04. The molecule has 2 aromatic rings. The molecule has 0 aliphatic carbocycles. The average Bonchev–Trinajstić information content (AvgIpc) is 2.48. The molecule has 2 aromatic carbocycles. The lowest BCUT2D eigenvalue weighted by molar-refractivity contribution is -0.384. The summed E-state index contributed by atoms with van der Waals surface area (Å²) in [5, 5.41) is 19.7. The minimum Gasteiger partial charge on any atom is -0.493 e. The SMILES string of the molecule is COc1ccc([N+](=O)[O-])cc1Oc1ccc(CO)cc1. The van der Waals surface area contributed by atoms with Gasteiger partial charge in [0.25, 0.3) is 5.69 Å². The normalized spacial score (nSPS) is 10.1. The number of hydrogen-bond donors (Lipinski definition) is 1. The molecule has 0 saturated carbocycles. The first kappa shape index (κ1) is 13.8. The van der Waals surface area contributed by atoms with Crippen LogP contribution in [0, 0.1) is 10.1 Å². The van der Waals surface area contributed by atoms with Crippen LogP contribution in [0.15, 0.2) is 42.5 Å². The zero-order valence-corrected chi connectivity index (χ0v) is 10.8. The van der Waals surface area contributed by atoms with Crippen molar-refractivity contribution in [3.05, 3.63) is 58.1 Å². The number of methoxy groups -OCH3 is 1. The Morgan fingerprint density at radius 1 is 1.15 bits per heavy atom. The molecule has 0 aromatic heterocycles. The standard InChI is InChI=1S/C14H13NO5/c1-19-13-7-4-11(15(17)18)8-14(13)20-12-5-2-10(9-16)3-6-12/h2-8,16H,9H2,1H3. The van der Waals surface area contributed by atoms with Crippen LogP contribution >= 0.6 is 0 Å². The van der Waals surface area contributed by atoms with Gasteiger partial charge in [0.1, 0.15) is 5.75 Å².